The van der Waals surface area contributed by atoms with Crippen molar-refractivity contribution < 1.29 is 13.5 Å². The van der Waals surface area contributed by atoms with Crippen LogP contribution in [0.3, 0.4) is 0 Å². The van der Waals surface area contributed by atoms with Crippen LogP contribution < -0.4 is 10.5 Å². The molecular weight excluding hydrogens is 398 g/mol. The molecule has 0 radical (unpaired) electrons. The predicted octanol–water partition coefficient (Wildman–Crippen LogP) is 5.15. The maximum absolute atomic E-state index is 13.1. The smallest absolute Gasteiger partial charge is 0.387 e. The van der Waals surface area contributed by atoms with Gasteiger partial charge in [0.25, 0.3) is 0 Å². The van der Waals surface area contributed by atoms with E-state index in [0.29, 0.717) is 17.6 Å². The Hall–Kier alpha value is -3.37. The van der Waals surface area contributed by atoms with E-state index in [1.165, 1.54) is 6.07 Å². The van der Waals surface area contributed by atoms with Crippen LogP contribution in [0.4, 0.5) is 8.78 Å². The second kappa shape index (κ2) is 8.05. The number of allylic oxidation sites excluding steroid dienone is 4. The molecule has 0 spiro atoms. The number of ether oxygens (including phenoxy) is 1. The molecule has 160 valence electrons. The highest BCUT2D eigenvalue weighted by atomic mass is 19.3. The molecule has 1 aromatic rings. The van der Waals surface area contributed by atoms with E-state index in [9.17, 15) is 24.6 Å². The summed E-state index contributed by atoms with van der Waals surface area (Å²) in [6.07, 6.45) is 3.27. The van der Waals surface area contributed by atoms with Crippen molar-refractivity contribution in [1.82, 2.24) is 0 Å². The third-order valence-corrected chi connectivity index (χ3v) is 6.57. The van der Waals surface area contributed by atoms with Crippen molar-refractivity contribution in [3.8, 4) is 24.0 Å². The summed E-state index contributed by atoms with van der Waals surface area (Å²) in [5.41, 5.74) is 5.34. The summed E-state index contributed by atoms with van der Waals surface area (Å²) in [6.45, 7) is 3.27. The van der Waals surface area contributed by atoms with Crippen LogP contribution in [0.15, 0.2) is 47.2 Å². The Bertz CT molecular complexity index is 1050. The third kappa shape index (κ3) is 3.64. The topological polar surface area (TPSA) is 107 Å². The molecule has 7 heteroatoms. The number of alkyl halides is 2. The fourth-order valence-electron chi connectivity index (χ4n) is 4.88. The van der Waals surface area contributed by atoms with Crippen molar-refractivity contribution in [2.45, 2.75) is 46.1 Å². The maximum Gasteiger partial charge on any atom is 0.387 e. The highest BCUT2D eigenvalue weighted by Gasteiger charge is 2.55. The Morgan fingerprint density at radius 2 is 1.81 bits per heavy atom. The molecule has 3 atom stereocenters. The number of hydrogen-bond acceptors (Lipinski definition) is 5. The molecule has 0 saturated heterocycles. The van der Waals surface area contributed by atoms with Crippen LogP contribution in [0, 0.1) is 56.7 Å². The first-order chi connectivity index (χ1) is 14.6. The average Bonchev–Trinajstić information content (AvgIpc) is 2.72. The largest absolute Gasteiger partial charge is 0.435 e. The van der Waals surface area contributed by atoms with Gasteiger partial charge >= 0.3 is 6.61 Å². The fourth-order valence-corrected chi connectivity index (χ4v) is 4.88. The monoisotopic (exact) mass is 422 g/mol. The van der Waals surface area contributed by atoms with E-state index in [1.807, 2.05) is 18.2 Å². The first-order valence-corrected chi connectivity index (χ1v) is 10.1. The van der Waals surface area contributed by atoms with Crippen LogP contribution in [-0.2, 0) is 0 Å². The van der Waals surface area contributed by atoms with E-state index in [2.05, 4.69) is 26.8 Å². The Morgan fingerprint density at radius 1 is 1.16 bits per heavy atom. The minimum Gasteiger partial charge on any atom is -0.435 e. The molecule has 0 bridgehead atoms. The SMILES string of the molecule is CC(C)(C)[C@@H]1CC=C2C(C#N)=C(N)C(C#N)(C#N)[C@@H](c3ccccc3OC(F)F)[C@@H]2C1. The van der Waals surface area contributed by atoms with Crippen molar-refractivity contribution in [3.63, 3.8) is 0 Å². The first kappa shape index (κ1) is 22.3. The summed E-state index contributed by atoms with van der Waals surface area (Å²) in [6, 6.07) is 12.3. The standard InChI is InChI=1S/C24H24F2N4O/c1-23(2,3)14-8-9-15-17(10-14)20(16-6-4-5-7-19(16)31-22(25)26)24(12-28,13-29)21(30)18(15)11-27/h4-7,9,14,17,20,22H,8,10,30H2,1-3H3/t14-,17-,20+/m1/s1. The van der Waals surface area contributed by atoms with Crippen molar-refractivity contribution in [2.24, 2.45) is 28.4 Å². The number of halogens is 2. The van der Waals surface area contributed by atoms with Gasteiger partial charge in [0, 0.05) is 11.5 Å². The number of benzene rings is 1. The zero-order valence-electron chi connectivity index (χ0n) is 17.7. The van der Waals surface area contributed by atoms with Crippen molar-refractivity contribution in [2.75, 3.05) is 0 Å². The zero-order valence-corrected chi connectivity index (χ0v) is 17.7. The van der Waals surface area contributed by atoms with Crippen LogP contribution >= 0.6 is 0 Å². The fraction of sp³-hybridized carbons (Fsp3) is 0.458. The maximum atomic E-state index is 13.1. The molecule has 0 unspecified atom stereocenters. The van der Waals surface area contributed by atoms with E-state index < -0.39 is 23.9 Å². The van der Waals surface area contributed by atoms with E-state index in [-0.39, 0.29) is 28.4 Å². The van der Waals surface area contributed by atoms with Gasteiger partial charge in [-0.25, -0.2) is 0 Å². The van der Waals surface area contributed by atoms with Gasteiger partial charge in [0.1, 0.15) is 11.8 Å². The lowest BCUT2D eigenvalue weighted by Crippen LogP contribution is -2.44. The molecule has 2 aliphatic rings. The van der Waals surface area contributed by atoms with Crippen LogP contribution in [0.1, 0.15) is 45.1 Å². The van der Waals surface area contributed by atoms with Crippen molar-refractivity contribution in [3.05, 3.63) is 52.7 Å². The summed E-state index contributed by atoms with van der Waals surface area (Å²) in [5, 5.41) is 30.1. The lowest BCUT2D eigenvalue weighted by molar-refractivity contribution is -0.0510. The van der Waals surface area contributed by atoms with Gasteiger partial charge in [-0.05, 0) is 41.7 Å². The number of nitriles is 3. The molecular formula is C24H24F2N4O. The summed E-state index contributed by atoms with van der Waals surface area (Å²) >= 11 is 0. The molecule has 2 aliphatic carbocycles. The van der Waals surface area contributed by atoms with E-state index >= 15 is 0 Å². The number of nitrogens with zero attached hydrogens (tertiary/aromatic N) is 3. The van der Waals surface area contributed by atoms with Crippen molar-refractivity contribution in [1.29, 1.82) is 15.8 Å². The lowest BCUT2D eigenvalue weighted by atomic mass is 9.54. The van der Waals surface area contributed by atoms with Gasteiger partial charge in [-0.1, -0.05) is 45.0 Å². The normalized spacial score (nSPS) is 25.0. The van der Waals surface area contributed by atoms with E-state index in [1.54, 1.807) is 18.2 Å². The number of para-hydroxylation sites is 1. The minimum absolute atomic E-state index is 0.0625. The number of rotatable bonds is 3. The quantitative estimate of drug-likeness (QED) is 0.724. The average molecular weight is 422 g/mol. The van der Waals surface area contributed by atoms with Crippen LogP contribution in [0.25, 0.3) is 0 Å². The Labute approximate surface area is 181 Å². The van der Waals surface area contributed by atoms with Crippen LogP contribution in [0.2, 0.25) is 0 Å². The molecule has 5 nitrogen and oxygen atoms in total. The molecule has 0 saturated carbocycles. The second-order valence-electron chi connectivity index (χ2n) is 9.13. The van der Waals surface area contributed by atoms with E-state index in [4.69, 9.17) is 10.5 Å². The molecule has 1 aromatic carbocycles. The van der Waals surface area contributed by atoms with Gasteiger partial charge in [0.05, 0.1) is 23.4 Å². The summed E-state index contributed by atoms with van der Waals surface area (Å²) in [7, 11) is 0. The Morgan fingerprint density at radius 3 is 2.35 bits per heavy atom. The predicted molar refractivity (Wildman–Crippen MR) is 110 cm³/mol. The molecule has 3 rings (SSSR count). The molecule has 31 heavy (non-hydrogen) atoms. The van der Waals surface area contributed by atoms with Crippen LogP contribution in [-0.4, -0.2) is 6.61 Å². The molecule has 0 amide bonds. The Balaban J connectivity index is 2.32. The van der Waals surface area contributed by atoms with Gasteiger partial charge in [0.15, 0.2) is 5.41 Å². The van der Waals surface area contributed by atoms with Gasteiger partial charge < -0.3 is 10.5 Å². The zero-order chi connectivity index (χ0) is 23.0. The number of fused-ring (bicyclic) bond motifs is 1. The van der Waals surface area contributed by atoms with Gasteiger partial charge in [0.2, 0.25) is 0 Å². The second-order valence-corrected chi connectivity index (χ2v) is 9.13. The van der Waals surface area contributed by atoms with E-state index in [0.717, 1.165) is 6.42 Å². The third-order valence-electron chi connectivity index (χ3n) is 6.57. The minimum atomic E-state index is -3.06. The molecule has 2 N–H and O–H groups in total. The van der Waals surface area contributed by atoms with Crippen LogP contribution in [0.5, 0.6) is 5.75 Å². The highest BCUT2D eigenvalue weighted by Crippen LogP contribution is 2.59. The summed E-state index contributed by atoms with van der Waals surface area (Å²) in [5.74, 6) is -1.16. The molecule has 0 aliphatic heterocycles. The highest BCUT2D eigenvalue weighted by molar-refractivity contribution is 5.60. The number of nitrogens with two attached hydrogens (primary N) is 1. The lowest BCUT2D eigenvalue weighted by Gasteiger charge is -2.47. The van der Waals surface area contributed by atoms with Gasteiger partial charge in [-0.15, -0.1) is 0 Å². The van der Waals surface area contributed by atoms with Crippen molar-refractivity contribution >= 4 is 0 Å². The summed E-state index contributed by atoms with van der Waals surface area (Å²) in [4.78, 5) is 0. The summed E-state index contributed by atoms with van der Waals surface area (Å²) < 4.78 is 31.0. The molecule has 0 heterocycles. The van der Waals surface area contributed by atoms with Gasteiger partial charge in [-0.2, -0.15) is 24.6 Å². The molecule has 0 fully saturated rings. The number of hydrogen-bond donors (Lipinski definition) is 1. The first-order valence-electron chi connectivity index (χ1n) is 10.1. The van der Waals surface area contributed by atoms with Gasteiger partial charge in [-0.3, -0.25) is 0 Å². The Kier molecular flexibility index (Phi) is 5.79. The molecule has 0 aromatic heterocycles.